The fourth-order valence-electron chi connectivity index (χ4n) is 2.67. The van der Waals surface area contributed by atoms with Gasteiger partial charge in [-0.3, -0.25) is 14.4 Å². The van der Waals surface area contributed by atoms with E-state index < -0.39 is 29.1 Å². The van der Waals surface area contributed by atoms with Crippen molar-refractivity contribution in [2.75, 3.05) is 0 Å². The van der Waals surface area contributed by atoms with Gasteiger partial charge in [0, 0.05) is 24.3 Å². The predicted octanol–water partition coefficient (Wildman–Crippen LogP) is 4.43. The Labute approximate surface area is 167 Å². The maximum Gasteiger partial charge on any atom is 0.306 e. The van der Waals surface area contributed by atoms with Gasteiger partial charge >= 0.3 is 11.9 Å². The number of Topliss-reactive ketones (excluding diaryl/α,β-unsaturated/α-hetero) is 1. The van der Waals surface area contributed by atoms with Crippen molar-refractivity contribution >= 4 is 17.7 Å². The molecule has 0 spiro atoms. The van der Waals surface area contributed by atoms with Crippen LogP contribution in [0, 0.1) is 5.92 Å². The summed E-state index contributed by atoms with van der Waals surface area (Å²) in [6, 6.07) is 6.06. The molecule has 0 bridgehead atoms. The Hall–Kier alpha value is -2.37. The third kappa shape index (κ3) is 9.53. The first kappa shape index (κ1) is 23.7. The first-order chi connectivity index (χ1) is 12.8. The molecule has 0 aliphatic rings. The van der Waals surface area contributed by atoms with Crippen molar-refractivity contribution in [1.82, 2.24) is 0 Å². The molecule has 1 aromatic carbocycles. The molecular weight excluding hydrogens is 360 g/mol. The van der Waals surface area contributed by atoms with Gasteiger partial charge in [-0.1, -0.05) is 12.1 Å². The summed E-state index contributed by atoms with van der Waals surface area (Å²) in [4.78, 5) is 37.0. The topological polar surface area (TPSA) is 89.9 Å². The lowest BCUT2D eigenvalue weighted by Gasteiger charge is -2.22. The number of hydrogen-bond donors (Lipinski definition) is 1. The molecule has 0 atom stereocenters. The van der Waals surface area contributed by atoms with E-state index in [1.807, 2.05) is 0 Å². The van der Waals surface area contributed by atoms with E-state index in [0.29, 0.717) is 5.56 Å². The lowest BCUT2D eigenvalue weighted by molar-refractivity contribution is -0.155. The molecule has 0 saturated carbocycles. The molecule has 0 unspecified atom stereocenters. The first-order valence-electron chi connectivity index (χ1n) is 9.54. The number of benzene rings is 1. The fourth-order valence-corrected chi connectivity index (χ4v) is 2.67. The van der Waals surface area contributed by atoms with Gasteiger partial charge in [0.1, 0.15) is 17.0 Å². The van der Waals surface area contributed by atoms with E-state index >= 15 is 0 Å². The highest BCUT2D eigenvalue weighted by molar-refractivity contribution is 5.98. The Morgan fingerprint density at radius 1 is 0.893 bits per heavy atom. The first-order valence-corrected chi connectivity index (χ1v) is 9.54. The van der Waals surface area contributed by atoms with Crippen molar-refractivity contribution in [2.45, 2.75) is 78.4 Å². The zero-order valence-electron chi connectivity index (χ0n) is 17.7. The summed E-state index contributed by atoms with van der Waals surface area (Å²) in [7, 11) is 0. The van der Waals surface area contributed by atoms with Crippen LogP contribution >= 0.6 is 0 Å². The average Bonchev–Trinajstić information content (AvgIpc) is 2.51. The van der Waals surface area contributed by atoms with E-state index in [4.69, 9.17) is 9.47 Å². The van der Waals surface area contributed by atoms with Gasteiger partial charge in [0.15, 0.2) is 5.78 Å². The monoisotopic (exact) mass is 392 g/mol. The lowest BCUT2D eigenvalue weighted by atomic mass is 9.89. The Morgan fingerprint density at radius 3 is 1.75 bits per heavy atom. The van der Waals surface area contributed by atoms with E-state index in [0.717, 1.165) is 0 Å². The maximum absolute atomic E-state index is 12.9. The molecule has 1 rings (SSSR count). The number of ether oxygens (including phenoxy) is 2. The van der Waals surface area contributed by atoms with Crippen LogP contribution in [0.25, 0.3) is 0 Å². The minimum Gasteiger partial charge on any atom is -0.508 e. The van der Waals surface area contributed by atoms with E-state index in [1.165, 1.54) is 12.1 Å². The molecule has 156 valence electrons. The van der Waals surface area contributed by atoms with Crippen LogP contribution in [-0.4, -0.2) is 34.0 Å². The molecule has 0 fully saturated rings. The van der Waals surface area contributed by atoms with Gasteiger partial charge in [0.05, 0.1) is 0 Å². The Morgan fingerprint density at radius 2 is 1.36 bits per heavy atom. The van der Waals surface area contributed by atoms with Crippen LogP contribution in [0.4, 0.5) is 0 Å². The molecule has 0 heterocycles. The minimum atomic E-state index is -0.599. The highest BCUT2D eigenvalue weighted by Gasteiger charge is 2.25. The second kappa shape index (κ2) is 9.71. The van der Waals surface area contributed by atoms with Gasteiger partial charge in [-0.25, -0.2) is 0 Å². The van der Waals surface area contributed by atoms with Crippen LogP contribution in [0.15, 0.2) is 24.3 Å². The van der Waals surface area contributed by atoms with E-state index in [1.54, 1.807) is 53.7 Å². The largest absolute Gasteiger partial charge is 0.508 e. The van der Waals surface area contributed by atoms with Crippen LogP contribution in [-0.2, 0) is 19.1 Å². The van der Waals surface area contributed by atoms with Gasteiger partial charge in [-0.05, 0) is 66.5 Å². The summed E-state index contributed by atoms with van der Waals surface area (Å²) in [6.45, 7) is 10.7. The van der Waals surface area contributed by atoms with Gasteiger partial charge in [-0.2, -0.15) is 0 Å². The zero-order chi connectivity index (χ0) is 21.5. The number of phenols is 1. The summed E-state index contributed by atoms with van der Waals surface area (Å²) in [5.74, 6) is -1.56. The second-order valence-electron chi connectivity index (χ2n) is 8.86. The lowest BCUT2D eigenvalue weighted by Crippen LogP contribution is -2.26. The number of ketones is 1. The number of aromatic hydroxyl groups is 1. The normalized spacial score (nSPS) is 12.0. The van der Waals surface area contributed by atoms with Crippen molar-refractivity contribution in [1.29, 1.82) is 0 Å². The van der Waals surface area contributed by atoms with E-state index in [9.17, 15) is 19.5 Å². The maximum atomic E-state index is 12.9. The summed E-state index contributed by atoms with van der Waals surface area (Å²) >= 11 is 0. The quantitative estimate of drug-likeness (QED) is 0.520. The second-order valence-corrected chi connectivity index (χ2v) is 8.86. The zero-order valence-corrected chi connectivity index (χ0v) is 17.7. The molecule has 0 aromatic heterocycles. The van der Waals surface area contributed by atoms with Gasteiger partial charge in [0.25, 0.3) is 0 Å². The molecule has 0 saturated heterocycles. The van der Waals surface area contributed by atoms with Crippen LogP contribution in [0.5, 0.6) is 5.75 Å². The standard InChI is InChI=1S/C22H32O6/c1-21(2,3)27-18(24)12-10-15(11-13-19(25)28-22(4,5)6)20(26)16-8-7-9-17(23)14-16/h7-9,14-15,23H,10-13H2,1-6H3. The summed E-state index contributed by atoms with van der Waals surface area (Å²) in [6.07, 6.45) is 0.653. The average molecular weight is 392 g/mol. The third-order valence-electron chi connectivity index (χ3n) is 3.74. The summed E-state index contributed by atoms with van der Waals surface area (Å²) in [5.41, 5.74) is -0.852. The van der Waals surface area contributed by atoms with Crippen molar-refractivity contribution < 1.29 is 29.0 Å². The molecule has 6 nitrogen and oxygen atoms in total. The molecule has 28 heavy (non-hydrogen) atoms. The molecule has 1 aromatic rings. The molecule has 1 N–H and O–H groups in total. The fraction of sp³-hybridized carbons (Fsp3) is 0.591. The van der Waals surface area contributed by atoms with Crippen molar-refractivity contribution in [3.63, 3.8) is 0 Å². The number of hydrogen-bond acceptors (Lipinski definition) is 6. The van der Waals surface area contributed by atoms with Gasteiger partial charge < -0.3 is 14.6 Å². The Bertz CT molecular complexity index is 662. The van der Waals surface area contributed by atoms with Crippen molar-refractivity contribution in [3.05, 3.63) is 29.8 Å². The van der Waals surface area contributed by atoms with Crippen LogP contribution in [0.2, 0.25) is 0 Å². The molecule has 0 aliphatic carbocycles. The molecule has 6 heteroatoms. The van der Waals surface area contributed by atoms with Gasteiger partial charge in [-0.15, -0.1) is 0 Å². The molecule has 0 aliphatic heterocycles. The van der Waals surface area contributed by atoms with Crippen LogP contribution in [0.3, 0.4) is 0 Å². The van der Waals surface area contributed by atoms with Crippen molar-refractivity contribution in [2.24, 2.45) is 5.92 Å². The smallest absolute Gasteiger partial charge is 0.306 e. The SMILES string of the molecule is CC(C)(C)OC(=O)CCC(CCC(=O)OC(C)(C)C)C(=O)c1cccc(O)c1. The number of carbonyl (C=O) groups excluding carboxylic acids is 3. The third-order valence-corrected chi connectivity index (χ3v) is 3.74. The minimum absolute atomic E-state index is 0.0103. The molecule has 0 radical (unpaired) electrons. The number of esters is 2. The Balaban J connectivity index is 2.83. The molecule has 0 amide bonds. The van der Waals surface area contributed by atoms with Crippen LogP contribution < -0.4 is 0 Å². The predicted molar refractivity (Wildman–Crippen MR) is 106 cm³/mol. The highest BCUT2D eigenvalue weighted by atomic mass is 16.6. The highest BCUT2D eigenvalue weighted by Crippen LogP contribution is 2.24. The Kier molecular flexibility index (Phi) is 8.21. The number of carbonyl (C=O) groups is 3. The number of phenolic OH excluding ortho intramolecular Hbond substituents is 1. The molecular formula is C22H32O6. The van der Waals surface area contributed by atoms with E-state index in [2.05, 4.69) is 0 Å². The van der Waals surface area contributed by atoms with Crippen LogP contribution in [0.1, 0.15) is 77.6 Å². The van der Waals surface area contributed by atoms with Crippen molar-refractivity contribution in [3.8, 4) is 5.75 Å². The summed E-state index contributed by atoms with van der Waals surface area (Å²) in [5, 5.41) is 9.63. The number of rotatable bonds is 8. The van der Waals surface area contributed by atoms with E-state index in [-0.39, 0.29) is 37.2 Å². The van der Waals surface area contributed by atoms with Gasteiger partial charge in [0.2, 0.25) is 0 Å². The summed E-state index contributed by atoms with van der Waals surface area (Å²) < 4.78 is 10.6.